The lowest BCUT2D eigenvalue weighted by Gasteiger charge is -2.04. The molecule has 0 aromatic heterocycles. The summed E-state index contributed by atoms with van der Waals surface area (Å²) in [7, 11) is -1.98. The van der Waals surface area contributed by atoms with Crippen LogP contribution in [-0.4, -0.2) is 25.1 Å². The van der Waals surface area contributed by atoms with Crippen molar-refractivity contribution in [3.05, 3.63) is 68.3 Å². The molecule has 0 spiro atoms. The summed E-state index contributed by atoms with van der Waals surface area (Å²) >= 11 is 0. The van der Waals surface area contributed by atoms with Crippen LogP contribution < -0.4 is 0 Å². The summed E-state index contributed by atoms with van der Waals surface area (Å²) in [5, 5.41) is 30.5. The van der Waals surface area contributed by atoms with Crippen molar-refractivity contribution in [1.82, 2.24) is 0 Å². The highest BCUT2D eigenvalue weighted by Crippen LogP contribution is 2.30. The highest BCUT2D eigenvalue weighted by molar-refractivity contribution is 7.85. The number of nitro groups is 2. The summed E-state index contributed by atoms with van der Waals surface area (Å²) in [6, 6.07) is 7.77. The SMILES string of the molecule is O=C(O)c1ccc(S(=O)c2ccc([N+](=O)[O-])cc2[N+](=O)[O-])cc1. The zero-order valence-electron chi connectivity index (χ0n) is 11.2. The number of aromatic carboxylic acids is 1. The highest BCUT2D eigenvalue weighted by atomic mass is 32.2. The zero-order chi connectivity index (χ0) is 17.1. The van der Waals surface area contributed by atoms with Gasteiger partial charge in [0.2, 0.25) is 0 Å². The molecule has 118 valence electrons. The van der Waals surface area contributed by atoms with Crippen LogP contribution in [0.25, 0.3) is 0 Å². The van der Waals surface area contributed by atoms with Gasteiger partial charge in [-0.25, -0.2) is 9.00 Å². The second-order valence-corrected chi connectivity index (χ2v) is 5.71. The Balaban J connectivity index is 2.48. The van der Waals surface area contributed by atoms with E-state index in [2.05, 4.69) is 0 Å². The summed E-state index contributed by atoms with van der Waals surface area (Å²) in [6.45, 7) is 0. The van der Waals surface area contributed by atoms with Gasteiger partial charge in [-0.3, -0.25) is 20.2 Å². The lowest BCUT2D eigenvalue weighted by atomic mass is 10.2. The van der Waals surface area contributed by atoms with Crippen LogP contribution in [0, 0.1) is 20.2 Å². The maximum Gasteiger partial charge on any atom is 0.335 e. The highest BCUT2D eigenvalue weighted by Gasteiger charge is 2.24. The van der Waals surface area contributed by atoms with Crippen molar-refractivity contribution in [3.63, 3.8) is 0 Å². The quantitative estimate of drug-likeness (QED) is 0.652. The maximum atomic E-state index is 12.4. The summed E-state index contributed by atoms with van der Waals surface area (Å²) < 4.78 is 12.4. The number of nitro benzene ring substituents is 2. The Morgan fingerprint density at radius 3 is 2.09 bits per heavy atom. The van der Waals surface area contributed by atoms with Gasteiger partial charge in [0, 0.05) is 11.0 Å². The monoisotopic (exact) mass is 336 g/mol. The van der Waals surface area contributed by atoms with Crippen molar-refractivity contribution in [2.24, 2.45) is 0 Å². The first kappa shape index (κ1) is 16.2. The molecule has 9 nitrogen and oxygen atoms in total. The van der Waals surface area contributed by atoms with E-state index in [9.17, 15) is 29.2 Å². The number of hydrogen-bond acceptors (Lipinski definition) is 6. The van der Waals surface area contributed by atoms with Gasteiger partial charge in [0.25, 0.3) is 11.4 Å². The van der Waals surface area contributed by atoms with Crippen molar-refractivity contribution >= 4 is 28.1 Å². The zero-order valence-corrected chi connectivity index (χ0v) is 12.1. The third-order valence-corrected chi connectivity index (χ3v) is 4.31. The Kier molecular flexibility index (Phi) is 4.46. The fourth-order valence-electron chi connectivity index (χ4n) is 1.77. The first-order valence-corrected chi connectivity index (χ1v) is 7.14. The number of carboxylic acid groups (broad SMARTS) is 1. The average Bonchev–Trinajstić information content (AvgIpc) is 2.53. The van der Waals surface area contributed by atoms with Crippen LogP contribution >= 0.6 is 0 Å². The normalized spacial score (nSPS) is 11.7. The van der Waals surface area contributed by atoms with Gasteiger partial charge in [-0.1, -0.05) is 0 Å². The molecule has 0 aliphatic heterocycles. The number of hydrogen-bond donors (Lipinski definition) is 1. The molecule has 0 aliphatic carbocycles. The first-order chi connectivity index (χ1) is 10.8. The molecule has 0 fully saturated rings. The molecule has 2 rings (SSSR count). The van der Waals surface area contributed by atoms with Crippen molar-refractivity contribution < 1.29 is 24.0 Å². The van der Waals surface area contributed by atoms with Gasteiger partial charge in [-0.2, -0.15) is 0 Å². The van der Waals surface area contributed by atoms with Crippen LogP contribution in [0.2, 0.25) is 0 Å². The Bertz CT molecular complexity index is 833. The third kappa shape index (κ3) is 3.37. The fraction of sp³-hybridized carbons (Fsp3) is 0. The van der Waals surface area contributed by atoms with E-state index in [4.69, 9.17) is 5.11 Å². The number of benzene rings is 2. The molecule has 0 amide bonds. The molecule has 1 atom stereocenters. The van der Waals surface area contributed by atoms with Crippen LogP contribution in [0.3, 0.4) is 0 Å². The minimum atomic E-state index is -1.98. The summed E-state index contributed by atoms with van der Waals surface area (Å²) in [4.78, 5) is 30.8. The largest absolute Gasteiger partial charge is 0.478 e. The average molecular weight is 336 g/mol. The van der Waals surface area contributed by atoms with Crippen molar-refractivity contribution in [3.8, 4) is 0 Å². The predicted molar refractivity (Wildman–Crippen MR) is 77.8 cm³/mol. The van der Waals surface area contributed by atoms with Crippen molar-refractivity contribution in [1.29, 1.82) is 0 Å². The second-order valence-electron chi connectivity index (χ2n) is 4.26. The smallest absolute Gasteiger partial charge is 0.335 e. The van der Waals surface area contributed by atoms with Gasteiger partial charge < -0.3 is 5.11 Å². The molecular weight excluding hydrogens is 328 g/mol. The minimum Gasteiger partial charge on any atom is -0.478 e. The predicted octanol–water partition coefficient (Wildman–Crippen LogP) is 2.37. The van der Waals surface area contributed by atoms with Gasteiger partial charge >= 0.3 is 5.97 Å². The van der Waals surface area contributed by atoms with Crippen LogP contribution in [0.4, 0.5) is 11.4 Å². The van der Waals surface area contributed by atoms with E-state index in [0.29, 0.717) is 0 Å². The van der Waals surface area contributed by atoms with Crippen LogP contribution in [-0.2, 0) is 10.8 Å². The topological polar surface area (TPSA) is 141 Å². The maximum absolute atomic E-state index is 12.4. The molecule has 0 saturated carbocycles. The number of carboxylic acids is 1. The van der Waals surface area contributed by atoms with E-state index < -0.39 is 38.0 Å². The number of nitrogens with zero attached hydrogens (tertiary/aromatic N) is 2. The van der Waals surface area contributed by atoms with E-state index in [1.807, 2.05) is 0 Å². The van der Waals surface area contributed by atoms with Gasteiger partial charge in [0.15, 0.2) is 0 Å². The molecule has 10 heteroatoms. The number of rotatable bonds is 5. The molecule has 1 unspecified atom stereocenters. The molecular formula is C13H8N2O7S. The summed E-state index contributed by atoms with van der Waals surface area (Å²) in [6.07, 6.45) is 0. The van der Waals surface area contributed by atoms with Gasteiger partial charge in [-0.15, -0.1) is 0 Å². The number of carbonyl (C=O) groups is 1. The van der Waals surface area contributed by atoms with Gasteiger partial charge in [0.05, 0.1) is 32.3 Å². The first-order valence-electron chi connectivity index (χ1n) is 5.99. The van der Waals surface area contributed by atoms with Gasteiger partial charge in [-0.05, 0) is 30.3 Å². The summed E-state index contributed by atoms with van der Waals surface area (Å²) in [5.74, 6) is -1.16. The van der Waals surface area contributed by atoms with Gasteiger partial charge in [0.1, 0.15) is 4.90 Å². The molecule has 0 bridgehead atoms. The summed E-state index contributed by atoms with van der Waals surface area (Å²) in [5.41, 5.74) is -1.15. The van der Waals surface area contributed by atoms with E-state index in [1.54, 1.807) is 0 Å². The van der Waals surface area contributed by atoms with E-state index in [1.165, 1.54) is 24.3 Å². The molecule has 2 aromatic rings. The van der Waals surface area contributed by atoms with E-state index in [-0.39, 0.29) is 15.4 Å². The van der Waals surface area contributed by atoms with Crippen molar-refractivity contribution in [2.45, 2.75) is 9.79 Å². The molecule has 2 aromatic carbocycles. The van der Waals surface area contributed by atoms with Crippen LogP contribution in [0.5, 0.6) is 0 Å². The van der Waals surface area contributed by atoms with Crippen LogP contribution in [0.15, 0.2) is 52.3 Å². The second kappa shape index (κ2) is 6.32. The molecule has 23 heavy (non-hydrogen) atoms. The van der Waals surface area contributed by atoms with Crippen molar-refractivity contribution in [2.75, 3.05) is 0 Å². The Hall–Kier alpha value is -3.14. The molecule has 0 radical (unpaired) electrons. The van der Waals surface area contributed by atoms with E-state index in [0.717, 1.165) is 18.2 Å². The molecule has 0 aliphatic rings. The molecule has 0 saturated heterocycles. The van der Waals surface area contributed by atoms with E-state index >= 15 is 0 Å². The Morgan fingerprint density at radius 1 is 1.00 bits per heavy atom. The molecule has 1 N–H and O–H groups in total. The van der Waals surface area contributed by atoms with Crippen LogP contribution in [0.1, 0.15) is 10.4 Å². The standard InChI is InChI=1S/C13H8N2O7S/c16-13(17)8-1-4-10(5-2-8)23(22)12-6-3-9(14(18)19)7-11(12)15(20)21/h1-7H,(H,16,17). The number of non-ortho nitro benzene ring substituents is 1. The lowest BCUT2D eigenvalue weighted by molar-refractivity contribution is -0.396. The third-order valence-electron chi connectivity index (χ3n) is 2.87. The minimum absolute atomic E-state index is 0.0241. The molecule has 0 heterocycles. The Labute approximate surface area is 130 Å². The fourth-order valence-corrected chi connectivity index (χ4v) is 2.92. The lowest BCUT2D eigenvalue weighted by Crippen LogP contribution is -2.02. The Morgan fingerprint density at radius 2 is 1.61 bits per heavy atom.